The van der Waals surface area contributed by atoms with Crippen molar-refractivity contribution < 1.29 is 4.52 Å². The van der Waals surface area contributed by atoms with Crippen LogP contribution in [0.25, 0.3) is 21.0 Å². The molecule has 0 fully saturated rings. The summed E-state index contributed by atoms with van der Waals surface area (Å²) in [5.74, 6) is 0. The SMILES string of the molecule is c1cc2c(ccc3conc32)s1. The lowest BCUT2D eigenvalue weighted by molar-refractivity contribution is 0.428. The second-order valence-electron chi connectivity index (χ2n) is 2.65. The first-order valence-corrected chi connectivity index (χ1v) is 4.53. The molecule has 2 heterocycles. The van der Waals surface area contributed by atoms with Crippen molar-refractivity contribution in [2.45, 2.75) is 0 Å². The van der Waals surface area contributed by atoms with Crippen LogP contribution < -0.4 is 0 Å². The van der Waals surface area contributed by atoms with E-state index in [0.29, 0.717) is 0 Å². The predicted molar refractivity (Wildman–Crippen MR) is 49.4 cm³/mol. The third-order valence-electron chi connectivity index (χ3n) is 1.96. The highest BCUT2D eigenvalue weighted by Gasteiger charge is 2.03. The van der Waals surface area contributed by atoms with Crippen LogP contribution in [-0.4, -0.2) is 5.16 Å². The zero-order chi connectivity index (χ0) is 7.97. The maximum absolute atomic E-state index is 4.90. The highest BCUT2D eigenvalue weighted by atomic mass is 32.1. The molecule has 2 nitrogen and oxygen atoms in total. The third kappa shape index (κ3) is 0.662. The summed E-state index contributed by atoms with van der Waals surface area (Å²) in [4.78, 5) is 0. The minimum absolute atomic E-state index is 0.966. The lowest BCUT2D eigenvalue weighted by Crippen LogP contribution is -1.67. The van der Waals surface area contributed by atoms with E-state index in [2.05, 4.69) is 22.7 Å². The molecular weight excluding hydrogens is 170 g/mol. The van der Waals surface area contributed by atoms with Crippen LogP contribution >= 0.6 is 11.3 Å². The quantitative estimate of drug-likeness (QED) is 0.525. The van der Waals surface area contributed by atoms with Crippen molar-refractivity contribution in [3.05, 3.63) is 29.8 Å². The fourth-order valence-electron chi connectivity index (χ4n) is 1.38. The Hall–Kier alpha value is -1.35. The molecule has 0 unspecified atom stereocenters. The van der Waals surface area contributed by atoms with Gasteiger partial charge in [-0.3, -0.25) is 0 Å². The second-order valence-corrected chi connectivity index (χ2v) is 3.60. The molecule has 0 atom stereocenters. The number of fused-ring (bicyclic) bond motifs is 3. The van der Waals surface area contributed by atoms with E-state index in [1.165, 1.54) is 10.1 Å². The highest BCUT2D eigenvalue weighted by Crippen LogP contribution is 2.27. The van der Waals surface area contributed by atoms with Crippen molar-refractivity contribution in [1.82, 2.24) is 5.16 Å². The number of aromatic nitrogens is 1. The summed E-state index contributed by atoms with van der Waals surface area (Å²) < 4.78 is 6.16. The zero-order valence-electron chi connectivity index (χ0n) is 6.15. The Morgan fingerprint density at radius 2 is 2.25 bits per heavy atom. The molecule has 12 heavy (non-hydrogen) atoms. The van der Waals surface area contributed by atoms with Gasteiger partial charge in [-0.05, 0) is 23.6 Å². The molecule has 0 aliphatic heterocycles. The van der Waals surface area contributed by atoms with Gasteiger partial charge in [0.1, 0.15) is 11.8 Å². The summed E-state index contributed by atoms with van der Waals surface area (Å²) in [6, 6.07) is 6.20. The van der Waals surface area contributed by atoms with E-state index in [1.54, 1.807) is 17.6 Å². The van der Waals surface area contributed by atoms with Crippen LogP contribution in [0.4, 0.5) is 0 Å². The molecule has 0 saturated heterocycles. The number of thiophene rings is 1. The van der Waals surface area contributed by atoms with Crippen molar-refractivity contribution in [3.8, 4) is 0 Å². The Balaban J connectivity index is 2.71. The van der Waals surface area contributed by atoms with Crippen LogP contribution in [0.3, 0.4) is 0 Å². The molecule has 3 aromatic rings. The normalized spacial score (nSPS) is 11.3. The van der Waals surface area contributed by atoms with Crippen LogP contribution in [0.1, 0.15) is 0 Å². The summed E-state index contributed by atoms with van der Waals surface area (Å²) in [5.41, 5.74) is 0.966. The van der Waals surface area contributed by atoms with Gasteiger partial charge in [0.25, 0.3) is 0 Å². The van der Waals surface area contributed by atoms with Gasteiger partial charge >= 0.3 is 0 Å². The van der Waals surface area contributed by atoms with E-state index in [0.717, 1.165) is 10.9 Å². The topological polar surface area (TPSA) is 26.0 Å². The summed E-state index contributed by atoms with van der Waals surface area (Å²) in [6.07, 6.45) is 1.67. The van der Waals surface area contributed by atoms with Crippen molar-refractivity contribution in [2.75, 3.05) is 0 Å². The number of benzene rings is 1. The maximum atomic E-state index is 4.90. The van der Waals surface area contributed by atoms with Gasteiger partial charge in [0.2, 0.25) is 0 Å². The van der Waals surface area contributed by atoms with Crippen LogP contribution in [0.15, 0.2) is 34.4 Å². The first kappa shape index (κ1) is 6.20. The molecule has 0 radical (unpaired) electrons. The van der Waals surface area contributed by atoms with E-state index >= 15 is 0 Å². The molecule has 0 saturated carbocycles. The molecule has 0 amide bonds. The van der Waals surface area contributed by atoms with Crippen LogP contribution in [0.5, 0.6) is 0 Å². The summed E-state index contributed by atoms with van der Waals surface area (Å²) >= 11 is 1.72. The van der Waals surface area contributed by atoms with Gasteiger partial charge in [-0.2, -0.15) is 0 Å². The van der Waals surface area contributed by atoms with Gasteiger partial charge in [0, 0.05) is 15.5 Å². The van der Waals surface area contributed by atoms with Crippen molar-refractivity contribution in [3.63, 3.8) is 0 Å². The Bertz CT molecular complexity index is 488. The molecule has 0 aliphatic rings. The number of hydrogen-bond donors (Lipinski definition) is 0. The Morgan fingerprint density at radius 1 is 1.25 bits per heavy atom. The van der Waals surface area contributed by atoms with Gasteiger partial charge in [-0.1, -0.05) is 5.16 Å². The van der Waals surface area contributed by atoms with Gasteiger partial charge in [0.15, 0.2) is 0 Å². The van der Waals surface area contributed by atoms with E-state index in [4.69, 9.17) is 4.52 Å². The fraction of sp³-hybridized carbons (Fsp3) is 0. The molecule has 58 valence electrons. The number of hydrogen-bond acceptors (Lipinski definition) is 3. The van der Waals surface area contributed by atoms with E-state index in [-0.39, 0.29) is 0 Å². The molecular formula is C9H5NOS. The van der Waals surface area contributed by atoms with Crippen LogP contribution in [-0.2, 0) is 0 Å². The Kier molecular flexibility index (Phi) is 1.07. The molecule has 0 N–H and O–H groups in total. The first-order valence-electron chi connectivity index (χ1n) is 3.65. The molecule has 1 aromatic carbocycles. The molecule has 3 rings (SSSR count). The minimum Gasteiger partial charge on any atom is -0.363 e. The number of nitrogens with zero attached hydrogens (tertiary/aromatic N) is 1. The van der Waals surface area contributed by atoms with Gasteiger partial charge in [-0.15, -0.1) is 11.3 Å². The van der Waals surface area contributed by atoms with Crippen LogP contribution in [0, 0.1) is 0 Å². The highest BCUT2D eigenvalue weighted by molar-refractivity contribution is 7.17. The van der Waals surface area contributed by atoms with E-state index in [1.807, 2.05) is 6.07 Å². The smallest absolute Gasteiger partial charge is 0.131 e. The first-order chi connectivity index (χ1) is 5.95. The lowest BCUT2D eigenvalue weighted by Gasteiger charge is -1.87. The lowest BCUT2D eigenvalue weighted by atomic mass is 10.2. The van der Waals surface area contributed by atoms with E-state index in [9.17, 15) is 0 Å². The average molecular weight is 175 g/mol. The third-order valence-corrected chi connectivity index (χ3v) is 2.84. The van der Waals surface area contributed by atoms with Gasteiger partial charge < -0.3 is 4.52 Å². The second kappa shape index (κ2) is 2.08. The monoisotopic (exact) mass is 175 g/mol. The zero-order valence-corrected chi connectivity index (χ0v) is 6.97. The van der Waals surface area contributed by atoms with E-state index < -0.39 is 0 Å². The summed E-state index contributed by atoms with van der Waals surface area (Å²) in [5, 5.41) is 8.28. The Labute approximate surface area is 72.4 Å². The molecule has 0 aliphatic carbocycles. The van der Waals surface area contributed by atoms with Crippen LogP contribution in [0.2, 0.25) is 0 Å². The fourth-order valence-corrected chi connectivity index (χ4v) is 2.17. The summed E-state index contributed by atoms with van der Waals surface area (Å²) in [7, 11) is 0. The molecule has 0 spiro atoms. The summed E-state index contributed by atoms with van der Waals surface area (Å²) in [6.45, 7) is 0. The molecule has 2 aromatic heterocycles. The van der Waals surface area contributed by atoms with Gasteiger partial charge in [-0.25, -0.2) is 0 Å². The van der Waals surface area contributed by atoms with Crippen molar-refractivity contribution >= 4 is 32.3 Å². The molecule has 3 heteroatoms. The van der Waals surface area contributed by atoms with Crippen molar-refractivity contribution in [2.24, 2.45) is 0 Å². The minimum atomic E-state index is 0.966. The standard InChI is InChI=1S/C9H5NOS/c1-2-8-7(3-4-12-8)9-6(1)5-11-10-9/h1-5H. The van der Waals surface area contributed by atoms with Gasteiger partial charge in [0.05, 0.1) is 0 Å². The Morgan fingerprint density at radius 3 is 3.25 bits per heavy atom. The predicted octanol–water partition coefficient (Wildman–Crippen LogP) is 3.04. The van der Waals surface area contributed by atoms with Crippen molar-refractivity contribution in [1.29, 1.82) is 0 Å². The molecule has 0 bridgehead atoms. The maximum Gasteiger partial charge on any atom is 0.131 e. The largest absolute Gasteiger partial charge is 0.363 e. The number of rotatable bonds is 0. The average Bonchev–Trinajstić information content (AvgIpc) is 2.71.